The van der Waals surface area contributed by atoms with Crippen molar-refractivity contribution in [1.82, 2.24) is 0 Å². The molecular formula is C10H15NO2S. The number of hydrogen-bond donors (Lipinski definition) is 1. The van der Waals surface area contributed by atoms with E-state index in [1.165, 1.54) is 0 Å². The van der Waals surface area contributed by atoms with Crippen molar-refractivity contribution in [1.29, 1.82) is 0 Å². The molecule has 0 bridgehead atoms. The Balaban J connectivity index is 2.87. The Kier molecular flexibility index (Phi) is 3.52. The van der Waals surface area contributed by atoms with Crippen LogP contribution in [0.15, 0.2) is 24.3 Å². The van der Waals surface area contributed by atoms with Crippen LogP contribution in [0.2, 0.25) is 0 Å². The van der Waals surface area contributed by atoms with Crippen LogP contribution in [0.25, 0.3) is 0 Å². The molecule has 0 saturated heterocycles. The molecule has 1 N–H and O–H groups in total. The highest BCUT2D eigenvalue weighted by atomic mass is 32.2. The second kappa shape index (κ2) is 4.46. The molecule has 0 aromatic heterocycles. The lowest BCUT2D eigenvalue weighted by Gasteiger charge is -2.06. The maximum Gasteiger partial charge on any atom is 0.232 e. The summed E-state index contributed by atoms with van der Waals surface area (Å²) in [6, 6.07) is 7.44. The molecule has 0 fully saturated rings. The minimum absolute atomic E-state index is 0.101. The number of hydrogen-bond acceptors (Lipinski definition) is 2. The van der Waals surface area contributed by atoms with E-state index in [-0.39, 0.29) is 5.75 Å². The lowest BCUT2D eigenvalue weighted by atomic mass is 10.1. The van der Waals surface area contributed by atoms with Crippen molar-refractivity contribution >= 4 is 15.7 Å². The van der Waals surface area contributed by atoms with Gasteiger partial charge in [0.05, 0.1) is 5.75 Å². The Morgan fingerprint density at radius 2 is 2.00 bits per heavy atom. The van der Waals surface area contributed by atoms with Gasteiger partial charge in [-0.25, -0.2) is 8.42 Å². The summed E-state index contributed by atoms with van der Waals surface area (Å²) in [4.78, 5) is 0. The number of nitrogens with one attached hydrogen (secondary N) is 1. The van der Waals surface area contributed by atoms with Crippen molar-refractivity contribution in [2.75, 3.05) is 10.5 Å². The highest BCUT2D eigenvalue weighted by Crippen LogP contribution is 2.12. The minimum Gasteiger partial charge on any atom is -0.284 e. The van der Waals surface area contributed by atoms with Crippen molar-refractivity contribution in [3.8, 4) is 0 Å². The Hall–Kier alpha value is -1.03. The molecule has 0 radical (unpaired) electrons. The molecule has 78 valence electrons. The average molecular weight is 213 g/mol. The summed E-state index contributed by atoms with van der Waals surface area (Å²) >= 11 is 0. The zero-order valence-corrected chi connectivity index (χ0v) is 9.26. The minimum atomic E-state index is -3.15. The largest absolute Gasteiger partial charge is 0.284 e. The first-order valence-electron chi connectivity index (χ1n) is 4.67. The molecule has 0 aliphatic heterocycles. The smallest absolute Gasteiger partial charge is 0.232 e. The van der Waals surface area contributed by atoms with Crippen LogP contribution in [0.1, 0.15) is 19.4 Å². The summed E-state index contributed by atoms with van der Waals surface area (Å²) in [5, 5.41) is 0. The van der Waals surface area contributed by atoms with Crippen LogP contribution in [0, 0.1) is 0 Å². The van der Waals surface area contributed by atoms with Crippen molar-refractivity contribution in [2.45, 2.75) is 20.3 Å². The number of aryl methyl sites for hydroxylation is 1. The Morgan fingerprint density at radius 1 is 1.29 bits per heavy atom. The second-order valence-electron chi connectivity index (χ2n) is 3.06. The van der Waals surface area contributed by atoms with E-state index in [4.69, 9.17) is 0 Å². The summed E-state index contributed by atoms with van der Waals surface area (Å²) in [5.41, 5.74) is 1.77. The maximum absolute atomic E-state index is 11.3. The van der Waals surface area contributed by atoms with E-state index >= 15 is 0 Å². The van der Waals surface area contributed by atoms with Gasteiger partial charge in [0.25, 0.3) is 0 Å². The molecule has 14 heavy (non-hydrogen) atoms. The van der Waals surface area contributed by atoms with Gasteiger partial charge >= 0.3 is 0 Å². The van der Waals surface area contributed by atoms with E-state index in [0.29, 0.717) is 5.69 Å². The molecule has 4 heteroatoms. The molecule has 0 amide bonds. The van der Waals surface area contributed by atoms with E-state index in [0.717, 1.165) is 12.0 Å². The molecule has 0 unspecified atom stereocenters. The van der Waals surface area contributed by atoms with E-state index in [9.17, 15) is 8.42 Å². The van der Waals surface area contributed by atoms with Crippen LogP contribution >= 0.6 is 0 Å². The van der Waals surface area contributed by atoms with Crippen LogP contribution in [0.5, 0.6) is 0 Å². The topological polar surface area (TPSA) is 46.2 Å². The Labute approximate surface area is 85.2 Å². The fourth-order valence-corrected chi connectivity index (χ4v) is 1.74. The van der Waals surface area contributed by atoms with Gasteiger partial charge in [0.15, 0.2) is 0 Å². The summed E-state index contributed by atoms with van der Waals surface area (Å²) in [6.07, 6.45) is 0.904. The molecule has 1 aromatic rings. The first kappa shape index (κ1) is 11.0. The van der Waals surface area contributed by atoms with Crippen LogP contribution in [-0.4, -0.2) is 14.2 Å². The first-order valence-corrected chi connectivity index (χ1v) is 6.32. The number of rotatable bonds is 4. The first-order chi connectivity index (χ1) is 6.57. The monoisotopic (exact) mass is 213 g/mol. The van der Waals surface area contributed by atoms with Gasteiger partial charge < -0.3 is 0 Å². The SMILES string of the molecule is CCc1cccc(NS(=O)(=O)CC)c1. The molecular weight excluding hydrogens is 198 g/mol. The second-order valence-corrected chi connectivity index (χ2v) is 5.07. The van der Waals surface area contributed by atoms with Crippen molar-refractivity contribution in [2.24, 2.45) is 0 Å². The predicted octanol–water partition coefficient (Wildman–Crippen LogP) is 2.01. The quantitative estimate of drug-likeness (QED) is 0.831. The molecule has 0 saturated carbocycles. The van der Waals surface area contributed by atoms with Gasteiger partial charge in [0, 0.05) is 5.69 Å². The fraction of sp³-hybridized carbons (Fsp3) is 0.400. The number of sulfonamides is 1. The summed E-state index contributed by atoms with van der Waals surface area (Å²) in [7, 11) is -3.15. The molecule has 0 atom stereocenters. The van der Waals surface area contributed by atoms with E-state index in [2.05, 4.69) is 4.72 Å². The lowest BCUT2D eigenvalue weighted by Crippen LogP contribution is -2.14. The lowest BCUT2D eigenvalue weighted by molar-refractivity contribution is 0.602. The van der Waals surface area contributed by atoms with Gasteiger partial charge in [0.1, 0.15) is 0 Å². The van der Waals surface area contributed by atoms with Gasteiger partial charge in [0.2, 0.25) is 10.0 Å². The molecule has 0 spiro atoms. The van der Waals surface area contributed by atoms with Crippen LogP contribution in [0.3, 0.4) is 0 Å². The summed E-state index contributed by atoms with van der Waals surface area (Å²) < 4.78 is 25.0. The fourth-order valence-electron chi connectivity index (χ4n) is 1.11. The zero-order chi connectivity index (χ0) is 10.6. The normalized spacial score (nSPS) is 11.3. The van der Waals surface area contributed by atoms with Crippen molar-refractivity contribution in [3.63, 3.8) is 0 Å². The third-order valence-electron chi connectivity index (χ3n) is 1.99. The summed E-state index contributed by atoms with van der Waals surface area (Å²) in [6.45, 7) is 3.65. The number of anilines is 1. The third-order valence-corrected chi connectivity index (χ3v) is 3.30. The highest BCUT2D eigenvalue weighted by Gasteiger charge is 2.05. The zero-order valence-electron chi connectivity index (χ0n) is 8.45. The van der Waals surface area contributed by atoms with Gasteiger partial charge in [-0.1, -0.05) is 19.1 Å². The Morgan fingerprint density at radius 3 is 2.57 bits per heavy atom. The van der Waals surface area contributed by atoms with Gasteiger partial charge in [-0.05, 0) is 31.0 Å². The van der Waals surface area contributed by atoms with Gasteiger partial charge in [-0.15, -0.1) is 0 Å². The van der Waals surface area contributed by atoms with E-state index in [1.807, 2.05) is 25.1 Å². The standard InChI is InChI=1S/C10H15NO2S/c1-3-9-6-5-7-10(8-9)11-14(12,13)4-2/h5-8,11H,3-4H2,1-2H3. The van der Waals surface area contributed by atoms with E-state index < -0.39 is 10.0 Å². The van der Waals surface area contributed by atoms with Crippen LogP contribution < -0.4 is 4.72 Å². The third kappa shape index (κ3) is 3.03. The van der Waals surface area contributed by atoms with Crippen molar-refractivity contribution < 1.29 is 8.42 Å². The summed E-state index contributed by atoms with van der Waals surface area (Å²) in [5.74, 6) is 0.101. The highest BCUT2D eigenvalue weighted by molar-refractivity contribution is 7.92. The van der Waals surface area contributed by atoms with Gasteiger partial charge in [-0.3, -0.25) is 4.72 Å². The number of benzene rings is 1. The Bertz CT molecular complexity index is 398. The van der Waals surface area contributed by atoms with E-state index in [1.54, 1.807) is 13.0 Å². The molecule has 0 aliphatic carbocycles. The molecule has 3 nitrogen and oxygen atoms in total. The molecule has 0 aliphatic rings. The molecule has 1 aromatic carbocycles. The molecule has 0 heterocycles. The average Bonchev–Trinajstić information content (AvgIpc) is 2.17. The molecule has 1 rings (SSSR count). The van der Waals surface area contributed by atoms with Crippen LogP contribution in [0.4, 0.5) is 5.69 Å². The van der Waals surface area contributed by atoms with Gasteiger partial charge in [-0.2, -0.15) is 0 Å². The maximum atomic E-state index is 11.3. The van der Waals surface area contributed by atoms with Crippen molar-refractivity contribution in [3.05, 3.63) is 29.8 Å². The van der Waals surface area contributed by atoms with Crippen LogP contribution in [-0.2, 0) is 16.4 Å². The predicted molar refractivity (Wildman–Crippen MR) is 58.9 cm³/mol.